The van der Waals surface area contributed by atoms with Crippen LogP contribution in [-0.2, 0) is 0 Å². The Balaban J connectivity index is 2.32. The van der Waals surface area contributed by atoms with Gasteiger partial charge in [0.15, 0.2) is 0 Å². The molecule has 0 bridgehead atoms. The van der Waals surface area contributed by atoms with E-state index in [4.69, 9.17) is 0 Å². The molecule has 0 unspecified atom stereocenters. The lowest BCUT2D eigenvalue weighted by Gasteiger charge is -1.95. The molecule has 0 heteroatoms. The van der Waals surface area contributed by atoms with Crippen molar-refractivity contribution in [1.29, 1.82) is 0 Å². The molecule has 0 nitrogen and oxygen atoms in total. The Hall–Kier alpha value is -2.52. The van der Waals surface area contributed by atoms with E-state index in [9.17, 15) is 0 Å². The van der Waals surface area contributed by atoms with Gasteiger partial charge in [-0.1, -0.05) is 59.9 Å². The fourth-order valence-corrected chi connectivity index (χ4v) is 1.93. The minimum Gasteiger partial charge on any atom is -0.0911 e. The van der Waals surface area contributed by atoms with Gasteiger partial charge < -0.3 is 0 Å². The molecular formula is C21H20. The summed E-state index contributed by atoms with van der Waals surface area (Å²) in [5.74, 6) is 6.38. The van der Waals surface area contributed by atoms with Crippen LogP contribution >= 0.6 is 0 Å². The zero-order valence-electron chi connectivity index (χ0n) is 12.9. The lowest BCUT2D eigenvalue weighted by atomic mass is 10.1. The van der Waals surface area contributed by atoms with Crippen LogP contribution in [0.1, 0.15) is 30.5 Å². The van der Waals surface area contributed by atoms with Gasteiger partial charge in [-0.15, -0.1) is 0 Å². The van der Waals surface area contributed by atoms with Crippen LogP contribution < -0.4 is 10.4 Å². The first-order chi connectivity index (χ1) is 10.1. The molecule has 104 valence electrons. The number of aryl methyl sites for hydroxylation is 1. The average Bonchev–Trinajstić information content (AvgIpc) is 2.49. The number of hydrogen-bond donors (Lipinski definition) is 0. The molecule has 21 heavy (non-hydrogen) atoms. The standard InChI is InChI=1S/C21H20/c1-5-16(2)14-21-13-12-20(15-18(21)4)11-10-19-8-6-17(3)7-9-19/h5-9,12-15H,4H2,1-3H3/b16-5+,21-14-. The molecule has 0 aliphatic carbocycles. The van der Waals surface area contributed by atoms with E-state index in [0.29, 0.717) is 0 Å². The molecular weight excluding hydrogens is 252 g/mol. The molecule has 0 heterocycles. The normalized spacial score (nSPS) is 12.0. The van der Waals surface area contributed by atoms with Crippen LogP contribution in [0, 0.1) is 18.8 Å². The quantitative estimate of drug-likeness (QED) is 0.696. The summed E-state index contributed by atoms with van der Waals surface area (Å²) in [6, 6.07) is 14.4. The Labute approximate surface area is 127 Å². The smallest absolute Gasteiger partial charge is 0.0255 e. The highest BCUT2D eigenvalue weighted by molar-refractivity contribution is 5.48. The van der Waals surface area contributed by atoms with Gasteiger partial charge in [0.25, 0.3) is 0 Å². The second kappa shape index (κ2) is 6.77. The van der Waals surface area contributed by atoms with E-state index in [-0.39, 0.29) is 0 Å². The molecule has 0 radical (unpaired) electrons. The van der Waals surface area contributed by atoms with Crippen LogP contribution in [-0.4, -0.2) is 0 Å². The predicted octanol–water partition coefficient (Wildman–Crippen LogP) is 3.55. The molecule has 0 aliphatic heterocycles. The maximum absolute atomic E-state index is 4.11. The Morgan fingerprint density at radius 3 is 2.24 bits per heavy atom. The third kappa shape index (κ3) is 4.23. The number of rotatable bonds is 1. The van der Waals surface area contributed by atoms with Gasteiger partial charge in [-0.25, -0.2) is 0 Å². The SMILES string of the molecule is C=c1cc(C#Cc2ccc(C)cc2)cc/c1=C/C(C)=C/C. The van der Waals surface area contributed by atoms with Crippen LogP contribution in [0.3, 0.4) is 0 Å². The fraction of sp³-hybridized carbons (Fsp3) is 0.143. The topological polar surface area (TPSA) is 0 Å². The number of allylic oxidation sites excluding steroid dienone is 2. The predicted molar refractivity (Wildman–Crippen MR) is 92.3 cm³/mol. The van der Waals surface area contributed by atoms with Gasteiger partial charge in [-0.3, -0.25) is 0 Å². The third-order valence-corrected chi connectivity index (χ3v) is 3.38. The molecule has 0 spiro atoms. The van der Waals surface area contributed by atoms with Crippen LogP contribution in [0.2, 0.25) is 0 Å². The Morgan fingerprint density at radius 1 is 1.00 bits per heavy atom. The van der Waals surface area contributed by atoms with Gasteiger partial charge in [-0.2, -0.15) is 0 Å². The summed E-state index contributed by atoms with van der Waals surface area (Å²) in [5, 5.41) is 2.15. The molecule has 0 saturated heterocycles. The second-order valence-electron chi connectivity index (χ2n) is 5.21. The fourth-order valence-electron chi connectivity index (χ4n) is 1.93. The molecule has 0 atom stereocenters. The first kappa shape index (κ1) is 14.9. The lowest BCUT2D eigenvalue weighted by molar-refractivity contribution is 1.45. The van der Waals surface area contributed by atoms with Crippen LogP contribution in [0.15, 0.2) is 54.1 Å². The average molecular weight is 272 g/mol. The van der Waals surface area contributed by atoms with Crippen molar-refractivity contribution >= 4 is 12.7 Å². The van der Waals surface area contributed by atoms with Crippen molar-refractivity contribution in [1.82, 2.24) is 0 Å². The molecule has 0 fully saturated rings. The van der Waals surface area contributed by atoms with E-state index in [1.807, 2.05) is 31.2 Å². The monoisotopic (exact) mass is 272 g/mol. The zero-order valence-corrected chi connectivity index (χ0v) is 12.9. The maximum Gasteiger partial charge on any atom is 0.0255 e. The molecule has 2 aromatic rings. The van der Waals surface area contributed by atoms with E-state index in [1.54, 1.807) is 0 Å². The van der Waals surface area contributed by atoms with Crippen molar-refractivity contribution in [3.05, 3.63) is 81.2 Å². The minimum absolute atomic E-state index is 0.996. The molecule has 0 N–H and O–H groups in total. The highest BCUT2D eigenvalue weighted by Crippen LogP contribution is 2.01. The summed E-state index contributed by atoms with van der Waals surface area (Å²) in [6.45, 7) is 10.3. The van der Waals surface area contributed by atoms with Gasteiger partial charge in [0.1, 0.15) is 0 Å². The van der Waals surface area contributed by atoms with E-state index in [0.717, 1.165) is 21.6 Å². The highest BCUT2D eigenvalue weighted by atomic mass is 13.9. The maximum atomic E-state index is 4.11. The number of benzene rings is 2. The largest absolute Gasteiger partial charge is 0.0911 e. The first-order valence-electron chi connectivity index (χ1n) is 7.11. The Kier molecular flexibility index (Phi) is 4.80. The molecule has 2 aromatic carbocycles. The van der Waals surface area contributed by atoms with Crippen LogP contribution in [0.5, 0.6) is 0 Å². The summed E-state index contributed by atoms with van der Waals surface area (Å²) in [7, 11) is 0. The molecule has 0 amide bonds. The Morgan fingerprint density at radius 2 is 1.62 bits per heavy atom. The Bertz CT molecular complexity index is 822. The third-order valence-electron chi connectivity index (χ3n) is 3.38. The van der Waals surface area contributed by atoms with Crippen molar-refractivity contribution in [2.45, 2.75) is 20.8 Å². The summed E-state index contributed by atoms with van der Waals surface area (Å²) < 4.78 is 0. The highest BCUT2D eigenvalue weighted by Gasteiger charge is 1.90. The molecule has 2 rings (SSSR count). The van der Waals surface area contributed by atoms with Gasteiger partial charge in [0, 0.05) is 11.1 Å². The van der Waals surface area contributed by atoms with E-state index in [1.165, 1.54) is 11.1 Å². The van der Waals surface area contributed by atoms with E-state index in [2.05, 4.69) is 62.6 Å². The summed E-state index contributed by atoms with van der Waals surface area (Å²) in [4.78, 5) is 0. The minimum atomic E-state index is 0.996. The van der Waals surface area contributed by atoms with Crippen molar-refractivity contribution in [3.8, 4) is 11.8 Å². The summed E-state index contributed by atoms with van der Waals surface area (Å²) >= 11 is 0. The van der Waals surface area contributed by atoms with Crippen LogP contribution in [0.4, 0.5) is 0 Å². The van der Waals surface area contributed by atoms with Gasteiger partial charge in [0.05, 0.1) is 0 Å². The van der Waals surface area contributed by atoms with E-state index >= 15 is 0 Å². The zero-order chi connectivity index (χ0) is 15.2. The first-order valence-corrected chi connectivity index (χ1v) is 7.11. The molecule has 0 saturated carbocycles. The molecule has 0 aliphatic rings. The van der Waals surface area contributed by atoms with Crippen molar-refractivity contribution in [3.63, 3.8) is 0 Å². The van der Waals surface area contributed by atoms with Crippen molar-refractivity contribution in [2.24, 2.45) is 0 Å². The van der Waals surface area contributed by atoms with Gasteiger partial charge in [-0.05, 0) is 55.5 Å². The van der Waals surface area contributed by atoms with Crippen molar-refractivity contribution in [2.75, 3.05) is 0 Å². The number of hydrogen-bond acceptors (Lipinski definition) is 0. The second-order valence-corrected chi connectivity index (χ2v) is 5.21. The van der Waals surface area contributed by atoms with Gasteiger partial charge >= 0.3 is 0 Å². The van der Waals surface area contributed by atoms with E-state index < -0.39 is 0 Å². The van der Waals surface area contributed by atoms with Crippen LogP contribution in [0.25, 0.3) is 12.7 Å². The molecule has 0 aromatic heterocycles. The summed E-state index contributed by atoms with van der Waals surface area (Å²) in [5.41, 5.74) is 4.51. The lowest BCUT2D eigenvalue weighted by Crippen LogP contribution is -2.22. The van der Waals surface area contributed by atoms with Gasteiger partial charge in [0.2, 0.25) is 0 Å². The van der Waals surface area contributed by atoms with Crippen molar-refractivity contribution < 1.29 is 0 Å². The summed E-state index contributed by atoms with van der Waals surface area (Å²) in [6.07, 6.45) is 4.23.